The molecule has 0 aliphatic carbocycles. The van der Waals surface area contributed by atoms with Gasteiger partial charge in [-0.1, -0.05) is 6.07 Å². The molecule has 5 heteroatoms. The predicted octanol–water partition coefficient (Wildman–Crippen LogP) is 4.42. The number of alkyl halides is 1. The lowest BCUT2D eigenvalue weighted by Crippen LogP contribution is -2.02. The van der Waals surface area contributed by atoms with Crippen molar-refractivity contribution in [2.24, 2.45) is 0 Å². The second-order valence-electron chi connectivity index (χ2n) is 3.92. The summed E-state index contributed by atoms with van der Waals surface area (Å²) in [5.41, 5.74) is 0.338. The van der Waals surface area contributed by atoms with E-state index in [0.29, 0.717) is 5.56 Å². The average molecular weight is 287 g/mol. The Morgan fingerprint density at radius 2 is 1.68 bits per heavy atom. The van der Waals surface area contributed by atoms with Crippen LogP contribution in [0.25, 0.3) is 0 Å². The fraction of sp³-hybridized carbons (Fsp3) is 0.143. The van der Waals surface area contributed by atoms with Gasteiger partial charge in [-0.15, -0.1) is 11.6 Å². The summed E-state index contributed by atoms with van der Waals surface area (Å²) in [6, 6.07) is 7.46. The first-order valence-electron chi connectivity index (χ1n) is 5.51. The van der Waals surface area contributed by atoms with E-state index in [0.717, 1.165) is 18.2 Å². The summed E-state index contributed by atoms with van der Waals surface area (Å²) in [5, 5.41) is 0. The Morgan fingerprint density at radius 3 is 2.32 bits per heavy atom. The molecule has 19 heavy (non-hydrogen) atoms. The highest BCUT2D eigenvalue weighted by molar-refractivity contribution is 6.17. The summed E-state index contributed by atoms with van der Waals surface area (Å²) in [6.07, 6.45) is 0. The van der Waals surface area contributed by atoms with E-state index in [1.807, 2.05) is 0 Å². The van der Waals surface area contributed by atoms with Crippen LogP contribution in [0.4, 0.5) is 13.2 Å². The molecule has 0 aliphatic rings. The zero-order chi connectivity index (χ0) is 13.8. The molecule has 0 spiro atoms. The molecule has 0 atom stereocenters. The van der Waals surface area contributed by atoms with Crippen molar-refractivity contribution < 1.29 is 17.9 Å². The van der Waals surface area contributed by atoms with E-state index in [1.165, 1.54) is 18.2 Å². The first-order valence-corrected chi connectivity index (χ1v) is 6.04. The summed E-state index contributed by atoms with van der Waals surface area (Å²) in [6.45, 7) is -0.316. The van der Waals surface area contributed by atoms with Gasteiger partial charge in [0, 0.05) is 11.9 Å². The maximum absolute atomic E-state index is 13.4. The highest BCUT2D eigenvalue weighted by Gasteiger charge is 2.09. The Bertz CT molecular complexity index is 567. The molecule has 0 heterocycles. The molecular weight excluding hydrogens is 277 g/mol. The van der Waals surface area contributed by atoms with Gasteiger partial charge in [0.25, 0.3) is 0 Å². The van der Waals surface area contributed by atoms with Gasteiger partial charge in [0.1, 0.15) is 29.8 Å². The molecule has 0 N–H and O–H groups in total. The third-order valence-corrected chi connectivity index (χ3v) is 2.84. The lowest BCUT2D eigenvalue weighted by atomic mass is 10.2. The molecule has 2 aromatic rings. The summed E-state index contributed by atoms with van der Waals surface area (Å²) < 4.78 is 45.1. The van der Waals surface area contributed by atoms with Crippen LogP contribution in [0.15, 0.2) is 36.4 Å². The molecule has 100 valence electrons. The summed E-state index contributed by atoms with van der Waals surface area (Å²) >= 11 is 5.60. The Kier molecular flexibility index (Phi) is 4.32. The Morgan fingerprint density at radius 1 is 1.00 bits per heavy atom. The van der Waals surface area contributed by atoms with E-state index in [2.05, 4.69) is 0 Å². The quantitative estimate of drug-likeness (QED) is 0.756. The van der Waals surface area contributed by atoms with Crippen molar-refractivity contribution in [3.05, 3.63) is 65.0 Å². The fourth-order valence-corrected chi connectivity index (χ4v) is 1.76. The van der Waals surface area contributed by atoms with Crippen molar-refractivity contribution in [1.29, 1.82) is 0 Å². The van der Waals surface area contributed by atoms with Crippen LogP contribution in [-0.2, 0) is 12.5 Å². The highest BCUT2D eigenvalue weighted by Crippen LogP contribution is 2.20. The van der Waals surface area contributed by atoms with E-state index in [4.69, 9.17) is 16.3 Å². The molecule has 0 saturated heterocycles. The first kappa shape index (κ1) is 13.7. The van der Waals surface area contributed by atoms with Crippen molar-refractivity contribution in [2.45, 2.75) is 12.5 Å². The Labute approximate surface area is 113 Å². The van der Waals surface area contributed by atoms with Gasteiger partial charge in [-0.05, 0) is 29.8 Å². The van der Waals surface area contributed by atoms with Gasteiger partial charge in [-0.25, -0.2) is 13.2 Å². The number of benzene rings is 2. The third-order valence-electron chi connectivity index (χ3n) is 2.53. The fourth-order valence-electron chi connectivity index (χ4n) is 1.61. The van der Waals surface area contributed by atoms with Crippen LogP contribution in [0.1, 0.15) is 11.1 Å². The van der Waals surface area contributed by atoms with E-state index in [9.17, 15) is 13.2 Å². The SMILES string of the molecule is Fc1cc(CCl)cc(OCc2c(F)cccc2F)c1. The number of halogens is 4. The van der Waals surface area contributed by atoms with Crippen LogP contribution >= 0.6 is 11.6 Å². The lowest BCUT2D eigenvalue weighted by molar-refractivity contribution is 0.291. The van der Waals surface area contributed by atoms with Gasteiger partial charge in [0.15, 0.2) is 0 Å². The maximum Gasteiger partial charge on any atom is 0.132 e. The molecule has 0 aromatic heterocycles. The zero-order valence-electron chi connectivity index (χ0n) is 9.80. The molecule has 0 aliphatic heterocycles. The molecule has 2 rings (SSSR count). The molecule has 2 aromatic carbocycles. The van der Waals surface area contributed by atoms with Gasteiger partial charge in [-0.3, -0.25) is 0 Å². The van der Waals surface area contributed by atoms with Crippen LogP contribution < -0.4 is 4.74 Å². The zero-order valence-corrected chi connectivity index (χ0v) is 10.6. The van der Waals surface area contributed by atoms with E-state index >= 15 is 0 Å². The molecule has 0 radical (unpaired) electrons. The van der Waals surface area contributed by atoms with Crippen molar-refractivity contribution in [1.82, 2.24) is 0 Å². The lowest BCUT2D eigenvalue weighted by Gasteiger charge is -2.09. The first-order chi connectivity index (χ1) is 9.10. The van der Waals surface area contributed by atoms with Crippen LogP contribution in [0, 0.1) is 17.5 Å². The van der Waals surface area contributed by atoms with Gasteiger partial charge in [0.05, 0.1) is 5.56 Å². The monoisotopic (exact) mass is 286 g/mol. The van der Waals surface area contributed by atoms with E-state index in [1.54, 1.807) is 0 Å². The van der Waals surface area contributed by atoms with Crippen LogP contribution in [0.2, 0.25) is 0 Å². The Balaban J connectivity index is 2.16. The van der Waals surface area contributed by atoms with Crippen LogP contribution in [0.5, 0.6) is 5.75 Å². The van der Waals surface area contributed by atoms with Gasteiger partial charge >= 0.3 is 0 Å². The molecule has 0 unspecified atom stereocenters. The molecule has 0 bridgehead atoms. The molecular formula is C14H10ClF3O. The topological polar surface area (TPSA) is 9.23 Å². The molecule has 0 fully saturated rings. The van der Waals surface area contributed by atoms with Gasteiger partial charge in [0.2, 0.25) is 0 Å². The summed E-state index contributed by atoms with van der Waals surface area (Å²) in [4.78, 5) is 0. The number of rotatable bonds is 4. The normalized spacial score (nSPS) is 10.5. The Hall–Kier alpha value is -1.68. The standard InChI is InChI=1S/C14H10ClF3O/c15-7-9-4-10(16)6-11(5-9)19-8-12-13(17)2-1-3-14(12)18/h1-6H,7-8H2. The van der Waals surface area contributed by atoms with Crippen LogP contribution in [0.3, 0.4) is 0 Å². The third kappa shape index (κ3) is 3.41. The highest BCUT2D eigenvalue weighted by atomic mass is 35.5. The van der Waals surface area contributed by atoms with Gasteiger partial charge < -0.3 is 4.74 Å². The number of hydrogen-bond donors (Lipinski definition) is 0. The number of ether oxygens (including phenoxy) is 1. The van der Waals surface area contributed by atoms with Crippen molar-refractivity contribution >= 4 is 11.6 Å². The maximum atomic E-state index is 13.4. The second-order valence-corrected chi connectivity index (χ2v) is 4.18. The predicted molar refractivity (Wildman–Crippen MR) is 66.6 cm³/mol. The molecule has 0 amide bonds. The van der Waals surface area contributed by atoms with E-state index in [-0.39, 0.29) is 23.8 Å². The largest absolute Gasteiger partial charge is 0.489 e. The summed E-state index contributed by atoms with van der Waals surface area (Å²) in [7, 11) is 0. The minimum atomic E-state index is -0.700. The summed E-state index contributed by atoms with van der Waals surface area (Å²) in [5.74, 6) is -1.61. The van der Waals surface area contributed by atoms with Crippen molar-refractivity contribution in [2.75, 3.05) is 0 Å². The molecule has 0 saturated carbocycles. The van der Waals surface area contributed by atoms with Crippen molar-refractivity contribution in [3.8, 4) is 5.75 Å². The number of hydrogen-bond acceptors (Lipinski definition) is 1. The van der Waals surface area contributed by atoms with Gasteiger partial charge in [-0.2, -0.15) is 0 Å². The minimum absolute atomic E-state index is 0.127. The van der Waals surface area contributed by atoms with E-state index < -0.39 is 17.5 Å². The second kappa shape index (κ2) is 5.97. The van der Waals surface area contributed by atoms with Crippen molar-refractivity contribution in [3.63, 3.8) is 0 Å². The average Bonchev–Trinajstić information content (AvgIpc) is 2.37. The molecule has 1 nitrogen and oxygen atoms in total. The minimum Gasteiger partial charge on any atom is -0.489 e. The smallest absolute Gasteiger partial charge is 0.132 e. The van der Waals surface area contributed by atoms with Crippen LogP contribution in [-0.4, -0.2) is 0 Å².